The summed E-state index contributed by atoms with van der Waals surface area (Å²) in [7, 11) is 3.15. The highest BCUT2D eigenvalue weighted by molar-refractivity contribution is 5.93. The molecule has 0 saturated carbocycles. The number of carbonyl (C=O) groups excluding carboxylic acids is 1. The van der Waals surface area contributed by atoms with Gasteiger partial charge in [0.15, 0.2) is 5.82 Å². The average molecular weight is 365 g/mol. The number of carbonyl (C=O) groups is 1. The molecular weight excluding hydrogens is 346 g/mol. The van der Waals surface area contributed by atoms with E-state index in [9.17, 15) is 9.59 Å². The Bertz CT molecular complexity index is 960. The van der Waals surface area contributed by atoms with E-state index in [2.05, 4.69) is 19.9 Å². The van der Waals surface area contributed by atoms with Crippen LogP contribution in [0, 0.1) is 0 Å². The van der Waals surface area contributed by atoms with Gasteiger partial charge in [-0.1, -0.05) is 12.1 Å². The van der Waals surface area contributed by atoms with Crippen LogP contribution < -0.4 is 5.56 Å². The first-order valence-electron chi connectivity index (χ1n) is 8.29. The van der Waals surface area contributed by atoms with Crippen molar-refractivity contribution in [3.05, 3.63) is 76.6 Å². The fourth-order valence-corrected chi connectivity index (χ4v) is 2.64. The number of hydrogen-bond donors (Lipinski definition) is 1. The molecule has 0 saturated heterocycles. The van der Waals surface area contributed by atoms with Crippen LogP contribution in [0.15, 0.2) is 59.8 Å². The van der Waals surface area contributed by atoms with Crippen LogP contribution in [0.25, 0.3) is 11.5 Å². The maximum absolute atomic E-state index is 12.9. The highest BCUT2D eigenvalue weighted by atomic mass is 16.5. The summed E-state index contributed by atoms with van der Waals surface area (Å²) in [6.45, 7) is 0.247. The van der Waals surface area contributed by atoms with Crippen molar-refractivity contribution in [2.24, 2.45) is 0 Å². The zero-order chi connectivity index (χ0) is 19.2. The Balaban J connectivity index is 1.89. The topological polar surface area (TPSA) is 101 Å². The predicted octanol–water partition coefficient (Wildman–Crippen LogP) is 1.69. The molecule has 0 fully saturated rings. The summed E-state index contributed by atoms with van der Waals surface area (Å²) in [5.41, 5.74) is 0.603. The first-order chi connectivity index (χ1) is 13.1. The van der Waals surface area contributed by atoms with E-state index in [-0.39, 0.29) is 12.2 Å². The van der Waals surface area contributed by atoms with E-state index in [0.717, 1.165) is 0 Å². The molecule has 138 valence electrons. The van der Waals surface area contributed by atoms with Crippen LogP contribution in [0.1, 0.15) is 22.1 Å². The Morgan fingerprint density at radius 2 is 1.89 bits per heavy atom. The molecule has 8 nitrogen and oxygen atoms in total. The van der Waals surface area contributed by atoms with Gasteiger partial charge in [-0.2, -0.15) is 0 Å². The smallest absolute Gasteiger partial charge is 0.264 e. The van der Waals surface area contributed by atoms with E-state index in [0.29, 0.717) is 17.2 Å². The molecule has 1 amide bonds. The molecule has 3 aromatic rings. The second kappa shape index (κ2) is 8.33. The van der Waals surface area contributed by atoms with Crippen molar-refractivity contribution in [2.75, 3.05) is 20.8 Å². The van der Waals surface area contributed by atoms with E-state index >= 15 is 0 Å². The minimum atomic E-state index is -0.528. The van der Waals surface area contributed by atoms with Crippen molar-refractivity contribution in [2.45, 2.75) is 6.04 Å². The molecule has 0 aromatic carbocycles. The summed E-state index contributed by atoms with van der Waals surface area (Å²) in [5, 5.41) is 0. The summed E-state index contributed by atoms with van der Waals surface area (Å²) in [5.74, 6) is -0.165. The third kappa shape index (κ3) is 4.06. The molecule has 27 heavy (non-hydrogen) atoms. The summed E-state index contributed by atoms with van der Waals surface area (Å²) in [6, 6.07) is 10.3. The van der Waals surface area contributed by atoms with Gasteiger partial charge in [-0.3, -0.25) is 19.6 Å². The lowest BCUT2D eigenvalue weighted by atomic mass is 10.1. The SMILES string of the molecule is COC[C@@H](c1ccccn1)N(C)C(=O)c1cnc(-c2ccccn2)[nH]c1=O. The van der Waals surface area contributed by atoms with Crippen LogP contribution >= 0.6 is 0 Å². The Kier molecular flexibility index (Phi) is 5.68. The Morgan fingerprint density at radius 3 is 2.48 bits per heavy atom. The zero-order valence-corrected chi connectivity index (χ0v) is 15.0. The van der Waals surface area contributed by atoms with Gasteiger partial charge >= 0.3 is 0 Å². The van der Waals surface area contributed by atoms with E-state index in [1.165, 1.54) is 11.1 Å². The van der Waals surface area contributed by atoms with Crippen molar-refractivity contribution in [3.8, 4) is 11.5 Å². The molecule has 1 N–H and O–H groups in total. The van der Waals surface area contributed by atoms with Gasteiger partial charge in [0.1, 0.15) is 11.3 Å². The Labute approximate surface area is 155 Å². The number of nitrogens with one attached hydrogen (secondary N) is 1. The predicted molar refractivity (Wildman–Crippen MR) is 99.0 cm³/mol. The van der Waals surface area contributed by atoms with Gasteiger partial charge in [0, 0.05) is 32.7 Å². The molecule has 0 aliphatic heterocycles. The zero-order valence-electron chi connectivity index (χ0n) is 15.0. The number of methoxy groups -OCH3 is 1. The summed E-state index contributed by atoms with van der Waals surface area (Å²) in [6.07, 6.45) is 4.51. The summed E-state index contributed by atoms with van der Waals surface area (Å²) < 4.78 is 5.23. The number of hydrogen-bond acceptors (Lipinski definition) is 6. The van der Waals surface area contributed by atoms with Crippen LogP contribution in [-0.4, -0.2) is 51.5 Å². The number of amides is 1. The van der Waals surface area contributed by atoms with E-state index < -0.39 is 17.5 Å². The van der Waals surface area contributed by atoms with E-state index in [4.69, 9.17) is 4.74 Å². The van der Waals surface area contributed by atoms with Crippen molar-refractivity contribution in [1.82, 2.24) is 24.8 Å². The van der Waals surface area contributed by atoms with Crippen molar-refractivity contribution in [3.63, 3.8) is 0 Å². The maximum Gasteiger partial charge on any atom is 0.264 e. The fraction of sp³-hybridized carbons (Fsp3) is 0.211. The summed E-state index contributed by atoms with van der Waals surface area (Å²) in [4.78, 5) is 42.0. The Morgan fingerprint density at radius 1 is 1.15 bits per heavy atom. The molecule has 0 aliphatic rings. The van der Waals surface area contributed by atoms with Crippen LogP contribution in [0.5, 0.6) is 0 Å². The van der Waals surface area contributed by atoms with Gasteiger partial charge in [-0.05, 0) is 24.3 Å². The Hall–Kier alpha value is -3.39. The average Bonchev–Trinajstić information content (AvgIpc) is 2.72. The molecule has 8 heteroatoms. The molecule has 0 radical (unpaired) electrons. The molecule has 3 heterocycles. The first-order valence-corrected chi connectivity index (χ1v) is 8.29. The molecule has 3 aromatic heterocycles. The summed E-state index contributed by atoms with van der Waals surface area (Å²) >= 11 is 0. The minimum absolute atomic E-state index is 0.0609. The molecule has 0 unspecified atom stereocenters. The lowest BCUT2D eigenvalue weighted by Crippen LogP contribution is -2.37. The number of H-pyrrole nitrogens is 1. The standard InChI is InChI=1S/C19H19N5O3/c1-24(16(12-27-2)14-7-3-5-9-20-14)19(26)13-11-22-17(23-18(13)25)15-8-4-6-10-21-15/h3-11,16H,12H2,1-2H3,(H,22,23,25)/t16-/m0/s1. The number of ether oxygens (including phenoxy) is 1. The number of pyridine rings is 2. The van der Waals surface area contributed by atoms with Gasteiger partial charge in [-0.25, -0.2) is 4.98 Å². The molecule has 0 bridgehead atoms. The quantitative estimate of drug-likeness (QED) is 0.713. The van der Waals surface area contributed by atoms with Crippen LogP contribution in [0.3, 0.4) is 0 Å². The number of rotatable bonds is 6. The van der Waals surface area contributed by atoms with Crippen molar-refractivity contribution < 1.29 is 9.53 Å². The lowest BCUT2D eigenvalue weighted by molar-refractivity contribution is 0.0593. The number of likely N-dealkylation sites (N-methyl/N-ethyl adjacent to an activating group) is 1. The number of aromatic amines is 1. The van der Waals surface area contributed by atoms with Crippen LogP contribution in [0.4, 0.5) is 0 Å². The molecule has 0 spiro atoms. The fourth-order valence-electron chi connectivity index (χ4n) is 2.64. The maximum atomic E-state index is 12.9. The van der Waals surface area contributed by atoms with Crippen molar-refractivity contribution in [1.29, 1.82) is 0 Å². The highest BCUT2D eigenvalue weighted by Gasteiger charge is 2.26. The van der Waals surface area contributed by atoms with Gasteiger partial charge in [0.2, 0.25) is 0 Å². The number of aromatic nitrogens is 4. The second-order valence-electron chi connectivity index (χ2n) is 5.83. The normalized spacial score (nSPS) is 11.8. The first kappa shape index (κ1) is 18.4. The van der Waals surface area contributed by atoms with E-state index in [1.807, 2.05) is 6.07 Å². The van der Waals surface area contributed by atoms with Crippen LogP contribution in [-0.2, 0) is 4.74 Å². The van der Waals surface area contributed by atoms with Gasteiger partial charge in [0.25, 0.3) is 11.5 Å². The molecular formula is C19H19N5O3. The van der Waals surface area contributed by atoms with E-state index in [1.54, 1.807) is 56.9 Å². The molecule has 3 rings (SSSR count). The molecule has 1 atom stereocenters. The third-order valence-electron chi connectivity index (χ3n) is 4.08. The van der Waals surface area contributed by atoms with Gasteiger partial charge in [0.05, 0.1) is 18.3 Å². The van der Waals surface area contributed by atoms with Gasteiger partial charge < -0.3 is 14.6 Å². The number of nitrogens with zero attached hydrogens (tertiary/aromatic N) is 4. The van der Waals surface area contributed by atoms with Crippen LogP contribution in [0.2, 0.25) is 0 Å². The van der Waals surface area contributed by atoms with Gasteiger partial charge in [-0.15, -0.1) is 0 Å². The van der Waals surface area contributed by atoms with Crippen molar-refractivity contribution >= 4 is 5.91 Å². The minimum Gasteiger partial charge on any atom is -0.382 e. The largest absolute Gasteiger partial charge is 0.382 e. The third-order valence-corrected chi connectivity index (χ3v) is 4.08. The second-order valence-corrected chi connectivity index (χ2v) is 5.83. The monoisotopic (exact) mass is 365 g/mol. The lowest BCUT2D eigenvalue weighted by Gasteiger charge is -2.27. The highest BCUT2D eigenvalue weighted by Crippen LogP contribution is 2.19. The molecule has 0 aliphatic carbocycles.